The predicted molar refractivity (Wildman–Crippen MR) is 66.1 cm³/mol. The Bertz CT molecular complexity index is 466. The largest absolute Gasteiger partial charge is 0.365 e. The number of primary amides is 1. The van der Waals surface area contributed by atoms with Gasteiger partial charge in [-0.1, -0.05) is 34.8 Å². The number of rotatable bonds is 3. The SMILES string of the molecule is NC(=O)c1sccc1NC(=O)C(Cl)=C(Cl)Cl. The molecule has 2 amide bonds. The molecule has 1 aromatic heterocycles. The van der Waals surface area contributed by atoms with E-state index < -0.39 is 11.8 Å². The van der Waals surface area contributed by atoms with Gasteiger partial charge in [0.25, 0.3) is 11.8 Å². The number of carbonyl (C=O) groups is 2. The molecule has 16 heavy (non-hydrogen) atoms. The van der Waals surface area contributed by atoms with Crippen LogP contribution >= 0.6 is 46.1 Å². The van der Waals surface area contributed by atoms with Crippen molar-refractivity contribution in [3.63, 3.8) is 0 Å². The van der Waals surface area contributed by atoms with Crippen molar-refractivity contribution in [2.75, 3.05) is 5.32 Å². The van der Waals surface area contributed by atoms with Gasteiger partial charge in [0.05, 0.1) is 5.69 Å². The predicted octanol–water partition coefficient (Wildman–Crippen LogP) is 2.67. The molecule has 8 heteroatoms. The van der Waals surface area contributed by atoms with Gasteiger partial charge in [0.1, 0.15) is 14.4 Å². The molecule has 1 aromatic rings. The fraction of sp³-hybridized carbons (Fsp3) is 0. The fourth-order valence-electron chi connectivity index (χ4n) is 0.862. The summed E-state index contributed by atoms with van der Waals surface area (Å²) in [6, 6.07) is 1.52. The zero-order valence-corrected chi connectivity index (χ0v) is 10.7. The average molecular weight is 300 g/mol. The molecule has 0 aromatic carbocycles. The maximum atomic E-state index is 11.4. The van der Waals surface area contributed by atoms with E-state index in [0.29, 0.717) is 0 Å². The molecule has 0 bridgehead atoms. The van der Waals surface area contributed by atoms with E-state index in [1.54, 1.807) is 5.38 Å². The minimum Gasteiger partial charge on any atom is -0.365 e. The summed E-state index contributed by atoms with van der Waals surface area (Å²) in [5.74, 6) is -1.34. The van der Waals surface area contributed by atoms with Gasteiger partial charge >= 0.3 is 0 Å². The lowest BCUT2D eigenvalue weighted by molar-refractivity contribution is -0.112. The highest BCUT2D eigenvalue weighted by molar-refractivity contribution is 7.12. The molecular formula is C8H5Cl3N2O2S. The molecular weight excluding hydrogens is 295 g/mol. The Hall–Kier alpha value is -0.750. The Labute approximate surface area is 110 Å². The Balaban J connectivity index is 2.90. The maximum absolute atomic E-state index is 11.4. The molecule has 4 nitrogen and oxygen atoms in total. The second kappa shape index (κ2) is 5.54. The lowest BCUT2D eigenvalue weighted by Gasteiger charge is -2.03. The normalized spacial score (nSPS) is 9.69. The molecule has 86 valence electrons. The molecule has 0 aliphatic carbocycles. The number of hydrogen-bond acceptors (Lipinski definition) is 3. The van der Waals surface area contributed by atoms with Crippen molar-refractivity contribution >= 4 is 63.6 Å². The van der Waals surface area contributed by atoms with Gasteiger partial charge in [0.15, 0.2) is 0 Å². The van der Waals surface area contributed by atoms with Crippen LogP contribution in [0.5, 0.6) is 0 Å². The summed E-state index contributed by atoms with van der Waals surface area (Å²) >= 11 is 17.3. The van der Waals surface area contributed by atoms with Gasteiger partial charge in [-0.15, -0.1) is 11.3 Å². The average Bonchev–Trinajstić information content (AvgIpc) is 2.64. The highest BCUT2D eigenvalue weighted by atomic mass is 35.5. The van der Waals surface area contributed by atoms with Crippen molar-refractivity contribution in [1.29, 1.82) is 0 Å². The molecule has 0 radical (unpaired) electrons. The first-order valence-electron chi connectivity index (χ1n) is 3.83. The summed E-state index contributed by atoms with van der Waals surface area (Å²) in [6.45, 7) is 0. The first kappa shape index (κ1) is 13.3. The van der Waals surface area contributed by atoms with E-state index in [9.17, 15) is 9.59 Å². The Morgan fingerprint density at radius 3 is 2.44 bits per heavy atom. The smallest absolute Gasteiger partial charge is 0.269 e. The van der Waals surface area contributed by atoms with E-state index in [4.69, 9.17) is 40.5 Å². The molecule has 0 aliphatic rings. The van der Waals surface area contributed by atoms with Crippen molar-refractivity contribution in [1.82, 2.24) is 0 Å². The zero-order chi connectivity index (χ0) is 12.3. The number of thiophene rings is 1. The van der Waals surface area contributed by atoms with Crippen LogP contribution < -0.4 is 11.1 Å². The topological polar surface area (TPSA) is 72.2 Å². The molecule has 0 atom stereocenters. The molecule has 0 fully saturated rings. The van der Waals surface area contributed by atoms with Crippen LogP contribution in [0.4, 0.5) is 5.69 Å². The summed E-state index contributed by atoms with van der Waals surface area (Å²) < 4.78 is -0.352. The van der Waals surface area contributed by atoms with Gasteiger partial charge in [-0.25, -0.2) is 0 Å². The van der Waals surface area contributed by atoms with Crippen molar-refractivity contribution in [3.8, 4) is 0 Å². The van der Waals surface area contributed by atoms with E-state index in [1.165, 1.54) is 6.07 Å². The van der Waals surface area contributed by atoms with Gasteiger partial charge in [0.2, 0.25) is 0 Å². The number of carbonyl (C=O) groups excluding carboxylic acids is 2. The molecule has 3 N–H and O–H groups in total. The number of anilines is 1. The quantitative estimate of drug-likeness (QED) is 0.842. The number of nitrogens with two attached hydrogens (primary N) is 1. The Kier molecular flexibility index (Phi) is 4.61. The number of amides is 2. The molecule has 0 saturated carbocycles. The summed E-state index contributed by atoms with van der Waals surface area (Å²) in [6.07, 6.45) is 0. The van der Waals surface area contributed by atoms with E-state index in [2.05, 4.69) is 5.32 Å². The van der Waals surface area contributed by atoms with Crippen LogP contribution in [0.1, 0.15) is 9.67 Å². The van der Waals surface area contributed by atoms with E-state index in [0.717, 1.165) is 11.3 Å². The van der Waals surface area contributed by atoms with E-state index in [-0.39, 0.29) is 20.1 Å². The summed E-state index contributed by atoms with van der Waals surface area (Å²) in [7, 11) is 0. The third-order valence-corrected chi connectivity index (χ3v) is 3.36. The lowest BCUT2D eigenvalue weighted by atomic mass is 10.3. The van der Waals surface area contributed by atoms with Crippen LogP contribution in [0, 0.1) is 0 Å². The highest BCUT2D eigenvalue weighted by Crippen LogP contribution is 2.24. The number of nitrogens with one attached hydrogen (secondary N) is 1. The first-order valence-corrected chi connectivity index (χ1v) is 5.84. The van der Waals surface area contributed by atoms with Gasteiger partial charge in [-0.05, 0) is 11.4 Å². The second-order valence-corrected chi connectivity index (χ2v) is 4.80. The fourth-order valence-corrected chi connectivity index (χ4v) is 1.78. The van der Waals surface area contributed by atoms with Gasteiger partial charge in [0, 0.05) is 0 Å². The third kappa shape index (κ3) is 3.12. The molecule has 0 spiro atoms. The minimum absolute atomic E-state index is 0.225. The molecule has 1 rings (SSSR count). The number of halogens is 3. The van der Waals surface area contributed by atoms with Crippen molar-refractivity contribution in [3.05, 3.63) is 25.8 Å². The highest BCUT2D eigenvalue weighted by Gasteiger charge is 2.15. The molecule has 0 saturated heterocycles. The van der Waals surface area contributed by atoms with Crippen LogP contribution in [0.15, 0.2) is 21.0 Å². The van der Waals surface area contributed by atoms with Crippen LogP contribution in [0.2, 0.25) is 0 Å². The Morgan fingerprint density at radius 2 is 1.94 bits per heavy atom. The Morgan fingerprint density at radius 1 is 1.31 bits per heavy atom. The zero-order valence-electron chi connectivity index (χ0n) is 7.59. The summed E-state index contributed by atoms with van der Waals surface area (Å²) in [5, 5.41) is 3.62. The maximum Gasteiger partial charge on any atom is 0.269 e. The summed E-state index contributed by atoms with van der Waals surface area (Å²) in [4.78, 5) is 22.6. The molecule has 0 unspecified atom stereocenters. The van der Waals surface area contributed by atoms with Gasteiger partial charge in [-0.3, -0.25) is 9.59 Å². The monoisotopic (exact) mass is 298 g/mol. The van der Waals surface area contributed by atoms with E-state index >= 15 is 0 Å². The van der Waals surface area contributed by atoms with Crippen molar-refractivity contribution < 1.29 is 9.59 Å². The minimum atomic E-state index is -0.706. The van der Waals surface area contributed by atoms with Crippen LogP contribution in [0.3, 0.4) is 0 Å². The number of hydrogen-bond donors (Lipinski definition) is 2. The summed E-state index contributed by atoms with van der Waals surface area (Å²) in [5.41, 5.74) is 5.37. The molecule has 0 aliphatic heterocycles. The molecule has 1 heterocycles. The standard InChI is InChI=1S/C8H5Cl3N2O2S/c9-4(6(10)11)8(15)13-3-1-2-16-5(3)7(12)14/h1-2H,(H2,12,14)(H,13,15). The van der Waals surface area contributed by atoms with Crippen LogP contribution in [-0.2, 0) is 4.79 Å². The van der Waals surface area contributed by atoms with Crippen molar-refractivity contribution in [2.24, 2.45) is 5.73 Å². The van der Waals surface area contributed by atoms with Gasteiger partial charge < -0.3 is 11.1 Å². The van der Waals surface area contributed by atoms with Crippen molar-refractivity contribution in [2.45, 2.75) is 0 Å². The van der Waals surface area contributed by atoms with Crippen LogP contribution in [-0.4, -0.2) is 11.8 Å². The van der Waals surface area contributed by atoms with Gasteiger partial charge in [-0.2, -0.15) is 0 Å². The third-order valence-electron chi connectivity index (χ3n) is 1.50. The lowest BCUT2D eigenvalue weighted by Crippen LogP contribution is -2.16. The second-order valence-electron chi connectivity index (χ2n) is 2.56. The first-order chi connectivity index (χ1) is 7.43. The van der Waals surface area contributed by atoms with Crippen LogP contribution in [0.25, 0.3) is 0 Å². The van der Waals surface area contributed by atoms with E-state index in [1.807, 2.05) is 0 Å².